The molecule has 21 heavy (non-hydrogen) atoms. The molecular formula is C17H20ClNO2. The fraction of sp³-hybridized carbons (Fsp3) is 0.294. The number of hydrogen-bond acceptors (Lipinski definition) is 3. The van der Waals surface area contributed by atoms with E-state index in [0.29, 0.717) is 10.8 Å². The van der Waals surface area contributed by atoms with Crippen molar-refractivity contribution in [2.75, 3.05) is 7.11 Å². The maximum atomic E-state index is 6.22. The Balaban J connectivity index is 2.27. The molecule has 112 valence electrons. The highest BCUT2D eigenvalue weighted by molar-refractivity contribution is 6.32. The number of para-hydroxylation sites is 1. The Kier molecular flexibility index (Phi) is 5.48. The Morgan fingerprint density at radius 3 is 2.33 bits per heavy atom. The zero-order valence-corrected chi connectivity index (χ0v) is 13.0. The van der Waals surface area contributed by atoms with Gasteiger partial charge in [-0.15, -0.1) is 0 Å². The topological polar surface area (TPSA) is 44.5 Å². The predicted octanol–water partition coefficient (Wildman–Crippen LogP) is 4.21. The molecule has 2 aromatic carbocycles. The maximum Gasteiger partial charge on any atom is 0.139 e. The quantitative estimate of drug-likeness (QED) is 0.869. The van der Waals surface area contributed by atoms with Gasteiger partial charge < -0.3 is 15.2 Å². The number of benzene rings is 2. The zero-order valence-electron chi connectivity index (χ0n) is 12.3. The van der Waals surface area contributed by atoms with Gasteiger partial charge in [-0.1, -0.05) is 42.8 Å². The molecule has 0 aliphatic heterocycles. The van der Waals surface area contributed by atoms with Crippen LogP contribution in [0.25, 0.3) is 0 Å². The molecule has 0 aromatic heterocycles. The molecule has 0 radical (unpaired) electrons. The van der Waals surface area contributed by atoms with Gasteiger partial charge in [-0.2, -0.15) is 0 Å². The van der Waals surface area contributed by atoms with Gasteiger partial charge >= 0.3 is 0 Å². The molecular weight excluding hydrogens is 286 g/mol. The molecule has 0 fully saturated rings. The zero-order chi connectivity index (χ0) is 15.2. The number of hydrogen-bond donors (Lipinski definition) is 1. The van der Waals surface area contributed by atoms with Gasteiger partial charge in [0, 0.05) is 6.04 Å². The third-order valence-corrected chi connectivity index (χ3v) is 3.71. The van der Waals surface area contributed by atoms with E-state index < -0.39 is 0 Å². The van der Waals surface area contributed by atoms with Crippen LogP contribution < -0.4 is 15.2 Å². The van der Waals surface area contributed by atoms with E-state index in [1.54, 1.807) is 13.2 Å². The molecule has 0 spiro atoms. The highest BCUT2D eigenvalue weighted by atomic mass is 35.5. The summed E-state index contributed by atoms with van der Waals surface area (Å²) in [5, 5.41) is 0.583. The van der Waals surface area contributed by atoms with Crippen LogP contribution in [0.3, 0.4) is 0 Å². The van der Waals surface area contributed by atoms with Crippen LogP contribution in [0.1, 0.15) is 25.0 Å². The van der Waals surface area contributed by atoms with Crippen molar-refractivity contribution in [1.29, 1.82) is 0 Å². The first-order valence-electron chi connectivity index (χ1n) is 6.96. The van der Waals surface area contributed by atoms with Crippen molar-refractivity contribution in [2.24, 2.45) is 5.73 Å². The average molecular weight is 306 g/mol. The molecule has 2 rings (SSSR count). The van der Waals surface area contributed by atoms with Crippen LogP contribution >= 0.6 is 11.6 Å². The van der Waals surface area contributed by atoms with Gasteiger partial charge in [0.05, 0.1) is 12.1 Å². The third-order valence-electron chi connectivity index (χ3n) is 3.40. The lowest BCUT2D eigenvalue weighted by molar-refractivity contribution is 0.171. The second-order valence-electron chi connectivity index (χ2n) is 4.81. The van der Waals surface area contributed by atoms with Crippen molar-refractivity contribution < 1.29 is 9.47 Å². The average Bonchev–Trinajstić information content (AvgIpc) is 2.53. The molecule has 4 heteroatoms. The Hall–Kier alpha value is -1.71. The molecule has 3 nitrogen and oxygen atoms in total. The Labute approximate surface area is 130 Å². The molecule has 0 bridgehead atoms. The Morgan fingerprint density at radius 1 is 1.10 bits per heavy atom. The second-order valence-corrected chi connectivity index (χ2v) is 5.22. The van der Waals surface area contributed by atoms with Crippen LogP contribution in [0.2, 0.25) is 5.02 Å². The van der Waals surface area contributed by atoms with Crippen molar-refractivity contribution in [3.05, 3.63) is 59.1 Å². The largest absolute Gasteiger partial charge is 0.497 e. The SMILES string of the molecule is CCC(N)C(Oc1ccccc1Cl)c1ccc(OC)cc1. The summed E-state index contributed by atoms with van der Waals surface area (Å²) in [5.74, 6) is 1.45. The van der Waals surface area contributed by atoms with Gasteiger partial charge in [-0.3, -0.25) is 0 Å². The summed E-state index contributed by atoms with van der Waals surface area (Å²) >= 11 is 6.17. The number of nitrogens with two attached hydrogens (primary N) is 1. The lowest BCUT2D eigenvalue weighted by Crippen LogP contribution is -2.31. The molecule has 2 unspecified atom stereocenters. The van der Waals surface area contributed by atoms with Crippen LogP contribution in [0.4, 0.5) is 0 Å². The summed E-state index contributed by atoms with van der Waals surface area (Å²) in [7, 11) is 1.64. The minimum Gasteiger partial charge on any atom is -0.497 e. The lowest BCUT2D eigenvalue weighted by Gasteiger charge is -2.25. The Morgan fingerprint density at radius 2 is 1.76 bits per heavy atom. The van der Waals surface area contributed by atoms with Crippen LogP contribution in [-0.2, 0) is 0 Å². The smallest absolute Gasteiger partial charge is 0.139 e. The van der Waals surface area contributed by atoms with E-state index in [-0.39, 0.29) is 12.1 Å². The standard InChI is InChI=1S/C17H20ClNO2/c1-3-15(19)17(12-8-10-13(20-2)11-9-12)21-16-7-5-4-6-14(16)18/h4-11,15,17H,3,19H2,1-2H3. The van der Waals surface area contributed by atoms with Gasteiger partial charge in [0.25, 0.3) is 0 Å². The highest BCUT2D eigenvalue weighted by Gasteiger charge is 2.21. The van der Waals surface area contributed by atoms with Crippen LogP contribution in [0.5, 0.6) is 11.5 Å². The minimum absolute atomic E-state index is 0.116. The number of rotatable bonds is 6. The van der Waals surface area contributed by atoms with Crippen molar-refractivity contribution in [1.82, 2.24) is 0 Å². The molecule has 0 saturated carbocycles. The first-order chi connectivity index (χ1) is 10.2. The molecule has 0 aliphatic rings. The van der Waals surface area contributed by atoms with Gasteiger partial charge in [0.15, 0.2) is 0 Å². The van der Waals surface area contributed by atoms with Crippen molar-refractivity contribution in [3.8, 4) is 11.5 Å². The number of ether oxygens (including phenoxy) is 2. The highest BCUT2D eigenvalue weighted by Crippen LogP contribution is 2.31. The van der Waals surface area contributed by atoms with Crippen molar-refractivity contribution >= 4 is 11.6 Å². The summed E-state index contributed by atoms with van der Waals surface area (Å²) in [6, 6.07) is 15.0. The van der Waals surface area contributed by atoms with E-state index in [2.05, 4.69) is 0 Å². The summed E-state index contributed by atoms with van der Waals surface area (Å²) in [4.78, 5) is 0. The van der Waals surface area contributed by atoms with E-state index in [0.717, 1.165) is 17.7 Å². The Bertz CT molecular complexity index is 571. The lowest BCUT2D eigenvalue weighted by atomic mass is 10.0. The monoisotopic (exact) mass is 305 g/mol. The van der Waals surface area contributed by atoms with E-state index in [4.69, 9.17) is 26.8 Å². The van der Waals surface area contributed by atoms with Crippen LogP contribution in [-0.4, -0.2) is 13.2 Å². The fourth-order valence-electron chi connectivity index (χ4n) is 2.09. The molecule has 0 amide bonds. The van der Waals surface area contributed by atoms with Crippen LogP contribution in [0, 0.1) is 0 Å². The minimum atomic E-state index is -0.249. The van der Waals surface area contributed by atoms with Crippen molar-refractivity contribution in [3.63, 3.8) is 0 Å². The summed E-state index contributed by atoms with van der Waals surface area (Å²) < 4.78 is 11.2. The summed E-state index contributed by atoms with van der Waals surface area (Å²) in [6.45, 7) is 2.04. The molecule has 2 aromatic rings. The van der Waals surface area contributed by atoms with Crippen LogP contribution in [0.15, 0.2) is 48.5 Å². The molecule has 0 heterocycles. The van der Waals surface area contributed by atoms with E-state index in [1.165, 1.54) is 0 Å². The number of halogens is 1. The molecule has 2 atom stereocenters. The van der Waals surface area contributed by atoms with Gasteiger partial charge in [-0.05, 0) is 36.2 Å². The number of methoxy groups -OCH3 is 1. The summed E-state index contributed by atoms with van der Waals surface area (Å²) in [5.41, 5.74) is 7.22. The van der Waals surface area contributed by atoms with E-state index >= 15 is 0 Å². The fourth-order valence-corrected chi connectivity index (χ4v) is 2.27. The second kappa shape index (κ2) is 7.34. The first kappa shape index (κ1) is 15.7. The van der Waals surface area contributed by atoms with E-state index in [9.17, 15) is 0 Å². The molecule has 2 N–H and O–H groups in total. The van der Waals surface area contributed by atoms with E-state index in [1.807, 2.05) is 49.4 Å². The van der Waals surface area contributed by atoms with Gasteiger partial charge in [-0.25, -0.2) is 0 Å². The maximum absolute atomic E-state index is 6.22. The third kappa shape index (κ3) is 3.90. The first-order valence-corrected chi connectivity index (χ1v) is 7.34. The van der Waals surface area contributed by atoms with Gasteiger partial charge in [0.1, 0.15) is 17.6 Å². The molecule has 0 saturated heterocycles. The van der Waals surface area contributed by atoms with Crippen molar-refractivity contribution in [2.45, 2.75) is 25.5 Å². The molecule has 0 aliphatic carbocycles. The summed E-state index contributed by atoms with van der Waals surface area (Å²) in [6.07, 6.45) is 0.557. The normalized spacial score (nSPS) is 13.5. The predicted molar refractivity (Wildman–Crippen MR) is 86.1 cm³/mol. The van der Waals surface area contributed by atoms with Gasteiger partial charge in [0.2, 0.25) is 0 Å².